The number of hydrogen-bond acceptors (Lipinski definition) is 1. The summed E-state index contributed by atoms with van der Waals surface area (Å²) in [6.07, 6.45) is 1.57. The fraction of sp³-hybridized carbons (Fsp3) is 0. The van der Waals surface area contributed by atoms with Crippen LogP contribution in [0.5, 0.6) is 0 Å². The number of carboxylic acids is 1. The van der Waals surface area contributed by atoms with E-state index < -0.39 is 5.97 Å². The van der Waals surface area contributed by atoms with E-state index in [4.69, 9.17) is 5.11 Å². The van der Waals surface area contributed by atoms with Gasteiger partial charge in [-0.1, -0.05) is 0 Å². The van der Waals surface area contributed by atoms with E-state index >= 15 is 0 Å². The first kappa shape index (κ1) is 8.91. The Morgan fingerprint density at radius 3 is 2.50 bits per heavy atom. The molecule has 0 aliphatic rings. The summed E-state index contributed by atoms with van der Waals surface area (Å²) in [4.78, 5) is 12.7. The minimum atomic E-state index is -0.935. The molecule has 0 unspecified atom stereocenters. The summed E-state index contributed by atoms with van der Waals surface area (Å²) in [5.74, 6) is -0.935. The monoisotopic (exact) mass is 160 g/mol. The van der Waals surface area contributed by atoms with Crippen LogP contribution in [0.3, 0.4) is 0 Å². The summed E-state index contributed by atoms with van der Waals surface area (Å²) in [5, 5.41) is 8.35. The second-order valence-electron chi connectivity index (χ2n) is 1.58. The third-order valence-corrected chi connectivity index (χ3v) is 0.939. The highest BCUT2D eigenvalue weighted by atomic mass is 35.5. The molecule has 1 aromatic heterocycles. The van der Waals surface area contributed by atoms with Gasteiger partial charge in [0.2, 0.25) is 0 Å². The predicted octanol–water partition coefficient (Wildman–Crippen LogP) is 0.621. The van der Waals surface area contributed by atoms with Crippen LogP contribution < -0.4 is 4.98 Å². The molecule has 0 bridgehead atoms. The largest absolute Gasteiger partial charge is 0.473 e. The van der Waals surface area contributed by atoms with Crippen LogP contribution in [0.2, 0.25) is 0 Å². The van der Waals surface area contributed by atoms with Crippen LogP contribution in [-0.2, 0) is 0 Å². The quantitative estimate of drug-likeness (QED) is 0.655. The number of nitrogens with one attached hydrogen (secondary N) is 1. The lowest BCUT2D eigenvalue weighted by Crippen LogP contribution is -2.14. The average molecular weight is 161 g/mol. The third kappa shape index (κ3) is 2.03. The molecule has 0 fully saturated rings. The van der Waals surface area contributed by atoms with E-state index in [1.54, 1.807) is 18.3 Å². The Hall–Kier alpha value is -1.09. The van der Waals surface area contributed by atoms with Gasteiger partial charge in [0.15, 0.2) is 6.20 Å². The van der Waals surface area contributed by atoms with Crippen LogP contribution in [0.1, 0.15) is 10.5 Å². The number of carbonyl (C=O) groups is 1. The second kappa shape index (κ2) is 3.85. The smallest absolute Gasteiger partial charge is 0.401 e. The van der Waals surface area contributed by atoms with Crippen molar-refractivity contribution in [2.45, 2.75) is 0 Å². The van der Waals surface area contributed by atoms with Gasteiger partial charge in [-0.25, -0.2) is 9.78 Å². The van der Waals surface area contributed by atoms with Crippen LogP contribution >= 0.6 is 12.4 Å². The van der Waals surface area contributed by atoms with Gasteiger partial charge < -0.3 is 5.11 Å². The minimum absolute atomic E-state index is 0. The van der Waals surface area contributed by atoms with E-state index in [1.165, 1.54) is 6.07 Å². The van der Waals surface area contributed by atoms with Gasteiger partial charge in [0.1, 0.15) is 0 Å². The Bertz CT molecular complexity index is 212. The lowest BCUT2D eigenvalue weighted by Gasteiger charge is -1.80. The molecule has 0 saturated carbocycles. The molecule has 1 rings (SSSR count). The molecule has 0 radical (unpaired) electrons. The number of hydrogen-bond donors (Lipinski definition) is 1. The summed E-state index contributed by atoms with van der Waals surface area (Å²) in [6.45, 7) is 0. The van der Waals surface area contributed by atoms with Crippen molar-refractivity contribution in [2.75, 3.05) is 0 Å². The molecule has 0 amide bonds. The molecular formula is C6H7ClNO2+. The second-order valence-corrected chi connectivity index (χ2v) is 1.58. The lowest BCUT2D eigenvalue weighted by atomic mass is 10.4. The van der Waals surface area contributed by atoms with Crippen molar-refractivity contribution in [3.8, 4) is 0 Å². The molecule has 2 N–H and O–H groups in total. The lowest BCUT2D eigenvalue weighted by molar-refractivity contribution is -0.383. The first-order valence-electron chi connectivity index (χ1n) is 2.51. The van der Waals surface area contributed by atoms with Gasteiger partial charge >= 0.3 is 5.97 Å². The molecule has 0 saturated heterocycles. The predicted molar refractivity (Wildman–Crippen MR) is 37.2 cm³/mol. The maximum absolute atomic E-state index is 10.2. The summed E-state index contributed by atoms with van der Waals surface area (Å²) in [6, 6.07) is 4.90. The molecular weight excluding hydrogens is 154 g/mol. The first-order chi connectivity index (χ1) is 4.30. The summed E-state index contributed by atoms with van der Waals surface area (Å²) in [5.41, 5.74) is 0.206. The zero-order valence-corrected chi connectivity index (χ0v) is 5.89. The van der Waals surface area contributed by atoms with Crippen LogP contribution in [0, 0.1) is 0 Å². The van der Waals surface area contributed by atoms with Crippen molar-refractivity contribution in [1.82, 2.24) is 0 Å². The van der Waals surface area contributed by atoms with Crippen molar-refractivity contribution in [3.05, 3.63) is 30.1 Å². The summed E-state index contributed by atoms with van der Waals surface area (Å²) >= 11 is 0. The van der Waals surface area contributed by atoms with Gasteiger partial charge in [0, 0.05) is 12.1 Å². The van der Waals surface area contributed by atoms with E-state index in [9.17, 15) is 4.79 Å². The topological polar surface area (TPSA) is 51.4 Å². The van der Waals surface area contributed by atoms with Crippen LogP contribution in [0.15, 0.2) is 24.4 Å². The van der Waals surface area contributed by atoms with Crippen molar-refractivity contribution < 1.29 is 14.9 Å². The molecule has 0 aromatic carbocycles. The highest BCUT2D eigenvalue weighted by Gasteiger charge is 2.06. The van der Waals surface area contributed by atoms with Gasteiger partial charge in [-0.3, -0.25) is 0 Å². The van der Waals surface area contributed by atoms with E-state index in [2.05, 4.69) is 4.98 Å². The van der Waals surface area contributed by atoms with Crippen LogP contribution in [0.25, 0.3) is 0 Å². The number of rotatable bonds is 1. The molecule has 0 aliphatic heterocycles. The molecule has 3 nitrogen and oxygen atoms in total. The fourth-order valence-electron chi connectivity index (χ4n) is 0.526. The molecule has 54 valence electrons. The van der Waals surface area contributed by atoms with E-state index in [0.29, 0.717) is 0 Å². The highest BCUT2D eigenvalue weighted by molar-refractivity contribution is 5.85. The Balaban J connectivity index is 0.000000810. The molecule has 0 spiro atoms. The Morgan fingerprint density at radius 2 is 2.20 bits per heavy atom. The van der Waals surface area contributed by atoms with Gasteiger partial charge in [0.25, 0.3) is 5.69 Å². The maximum Gasteiger partial charge on any atom is 0.401 e. The van der Waals surface area contributed by atoms with Crippen molar-refractivity contribution in [2.24, 2.45) is 0 Å². The SMILES string of the molecule is Cl.O=C(O)c1cccc[nH+]1. The zero-order chi connectivity index (χ0) is 6.69. The zero-order valence-electron chi connectivity index (χ0n) is 5.07. The van der Waals surface area contributed by atoms with Gasteiger partial charge in [0.05, 0.1) is 0 Å². The Kier molecular flexibility index (Phi) is 3.43. The molecule has 1 aromatic rings. The van der Waals surface area contributed by atoms with E-state index in [1.807, 2.05) is 0 Å². The Labute approximate surface area is 64.1 Å². The maximum atomic E-state index is 10.2. The number of halogens is 1. The van der Waals surface area contributed by atoms with Gasteiger partial charge in [-0.05, 0) is 6.07 Å². The molecule has 0 atom stereocenters. The fourth-order valence-corrected chi connectivity index (χ4v) is 0.526. The van der Waals surface area contributed by atoms with Gasteiger partial charge in [-0.15, -0.1) is 12.4 Å². The Morgan fingerprint density at radius 1 is 1.50 bits per heavy atom. The highest BCUT2D eigenvalue weighted by Crippen LogP contribution is 1.85. The molecule has 4 heteroatoms. The molecule has 0 aliphatic carbocycles. The van der Waals surface area contributed by atoms with E-state index in [-0.39, 0.29) is 18.1 Å². The van der Waals surface area contributed by atoms with Gasteiger partial charge in [-0.2, -0.15) is 0 Å². The van der Waals surface area contributed by atoms with Crippen LogP contribution in [-0.4, -0.2) is 11.1 Å². The summed E-state index contributed by atoms with van der Waals surface area (Å²) < 4.78 is 0. The number of H-pyrrole nitrogens is 1. The number of pyridine rings is 1. The van der Waals surface area contributed by atoms with Crippen molar-refractivity contribution in [1.29, 1.82) is 0 Å². The van der Waals surface area contributed by atoms with Crippen molar-refractivity contribution >= 4 is 18.4 Å². The molecule has 1 heterocycles. The average Bonchev–Trinajstić information content (AvgIpc) is 1.90. The number of aromatic nitrogens is 1. The number of aromatic carboxylic acids is 1. The first-order valence-corrected chi connectivity index (χ1v) is 2.51. The minimum Gasteiger partial charge on any atom is -0.473 e. The van der Waals surface area contributed by atoms with Crippen molar-refractivity contribution in [3.63, 3.8) is 0 Å². The standard InChI is InChI=1S/C6H5NO2.ClH/c8-6(9)5-3-1-2-4-7-5;/h1-4H,(H,8,9);1H/p+1. The summed E-state index contributed by atoms with van der Waals surface area (Å²) in [7, 11) is 0. The molecule has 10 heavy (non-hydrogen) atoms. The number of aromatic amines is 1. The van der Waals surface area contributed by atoms with Crippen LogP contribution in [0.4, 0.5) is 0 Å². The third-order valence-electron chi connectivity index (χ3n) is 0.939. The van der Waals surface area contributed by atoms with E-state index in [0.717, 1.165) is 0 Å². The number of carboxylic acid groups (broad SMARTS) is 1. The normalized spacial score (nSPS) is 8.00.